The average molecular weight is 447 g/mol. The number of hydrogen-bond acceptors (Lipinski definition) is 8. The van der Waals surface area contributed by atoms with Gasteiger partial charge in [-0.25, -0.2) is 23.7 Å². The lowest BCUT2D eigenvalue weighted by Crippen LogP contribution is -2.37. The molecule has 3 rings (SSSR count). The highest BCUT2D eigenvalue weighted by Crippen LogP contribution is 2.40. The molecule has 1 amide bonds. The van der Waals surface area contributed by atoms with Crippen LogP contribution in [0.4, 0.5) is 14.5 Å². The van der Waals surface area contributed by atoms with Crippen LogP contribution in [-0.4, -0.2) is 46.9 Å². The van der Waals surface area contributed by atoms with Crippen LogP contribution in [0.3, 0.4) is 0 Å². The summed E-state index contributed by atoms with van der Waals surface area (Å²) in [6.45, 7) is -0.699. The Morgan fingerprint density at radius 1 is 1.45 bits per heavy atom. The van der Waals surface area contributed by atoms with Gasteiger partial charge in [0.15, 0.2) is 10.7 Å². The Balaban J connectivity index is 1.88. The van der Waals surface area contributed by atoms with E-state index in [0.717, 1.165) is 12.4 Å². The first-order valence-electron chi connectivity index (χ1n) is 9.01. The van der Waals surface area contributed by atoms with Crippen molar-refractivity contribution < 1.29 is 23.0 Å². The van der Waals surface area contributed by atoms with Crippen molar-refractivity contribution in [3.63, 3.8) is 0 Å². The van der Waals surface area contributed by atoms with E-state index in [0.29, 0.717) is 13.0 Å². The number of aliphatic imine (C=N–C) groups is 1. The number of amidine groups is 1. The topological polar surface area (TPSA) is 112 Å². The third-order valence-corrected chi connectivity index (χ3v) is 5.40. The molecule has 0 spiro atoms. The van der Waals surface area contributed by atoms with E-state index in [1.165, 1.54) is 30.0 Å². The SMILES string of the molecule is C#CC1(c2cc(NC(=O)c3cnc(OCF)cn3)ccc2F)CC(COC)SC(N)=N1. The Hall–Kier alpha value is -3.23. The fourth-order valence-corrected chi connectivity index (χ4v) is 4.18. The molecule has 1 aromatic carbocycles. The summed E-state index contributed by atoms with van der Waals surface area (Å²) in [6, 6.07) is 3.98. The number of anilines is 1. The quantitative estimate of drug-likeness (QED) is 0.627. The summed E-state index contributed by atoms with van der Waals surface area (Å²) in [5.41, 5.74) is 4.94. The molecule has 2 atom stereocenters. The van der Waals surface area contributed by atoms with Crippen LogP contribution in [0.5, 0.6) is 5.88 Å². The number of amides is 1. The van der Waals surface area contributed by atoms with E-state index in [1.54, 1.807) is 7.11 Å². The molecule has 11 heteroatoms. The molecular weight excluding hydrogens is 428 g/mol. The third kappa shape index (κ3) is 5.10. The standard InChI is InChI=1S/C20H19F2N5O3S/c1-3-20(7-13(10-29-2)31-19(23)27-20)14-6-12(4-5-15(14)22)26-18(28)16-8-25-17(9-24-16)30-11-21/h1,4-6,8-9,13H,7,10-11H2,2H3,(H2,23,27)(H,26,28). The molecular formula is C20H19F2N5O3S. The van der Waals surface area contributed by atoms with Gasteiger partial charge in [0, 0.05) is 30.0 Å². The second-order valence-corrected chi connectivity index (χ2v) is 7.82. The molecule has 162 valence electrons. The van der Waals surface area contributed by atoms with Crippen LogP contribution in [0.2, 0.25) is 0 Å². The van der Waals surface area contributed by atoms with Gasteiger partial charge < -0.3 is 20.5 Å². The molecule has 0 saturated carbocycles. The zero-order chi connectivity index (χ0) is 22.4. The highest BCUT2D eigenvalue weighted by molar-refractivity contribution is 8.14. The number of rotatable bonds is 7. The number of terminal acetylenes is 1. The Bertz CT molecular complexity index is 1030. The van der Waals surface area contributed by atoms with Crippen LogP contribution in [0.1, 0.15) is 22.5 Å². The third-order valence-electron chi connectivity index (χ3n) is 4.44. The smallest absolute Gasteiger partial charge is 0.275 e. The normalized spacial score (nSPS) is 20.5. The van der Waals surface area contributed by atoms with Gasteiger partial charge in [-0.2, -0.15) is 0 Å². The summed E-state index contributed by atoms with van der Waals surface area (Å²) in [5.74, 6) is 1.32. The number of methoxy groups -OCH3 is 1. The maximum Gasteiger partial charge on any atom is 0.275 e. The molecule has 2 unspecified atom stereocenters. The van der Waals surface area contributed by atoms with Crippen molar-refractivity contribution in [2.24, 2.45) is 10.7 Å². The zero-order valence-electron chi connectivity index (χ0n) is 16.5. The molecule has 0 saturated heterocycles. The van der Waals surface area contributed by atoms with Gasteiger partial charge in [-0.05, 0) is 18.2 Å². The van der Waals surface area contributed by atoms with Crippen molar-refractivity contribution in [1.82, 2.24) is 9.97 Å². The van der Waals surface area contributed by atoms with E-state index in [2.05, 4.69) is 30.9 Å². The first-order chi connectivity index (χ1) is 14.9. The number of nitrogens with zero attached hydrogens (tertiary/aromatic N) is 3. The summed E-state index contributed by atoms with van der Waals surface area (Å²) < 4.78 is 36.7. The van der Waals surface area contributed by atoms with Crippen molar-refractivity contribution in [3.05, 3.63) is 47.7 Å². The Morgan fingerprint density at radius 2 is 2.26 bits per heavy atom. The first kappa shape index (κ1) is 22.5. The second kappa shape index (κ2) is 9.72. The number of halogens is 2. The average Bonchev–Trinajstić information content (AvgIpc) is 2.75. The Kier molecular flexibility index (Phi) is 7.04. The number of aromatic nitrogens is 2. The molecule has 2 aromatic rings. The monoisotopic (exact) mass is 447 g/mol. The summed E-state index contributed by atoms with van der Waals surface area (Å²) in [7, 11) is 1.55. The number of benzene rings is 1. The van der Waals surface area contributed by atoms with E-state index >= 15 is 0 Å². The lowest BCUT2D eigenvalue weighted by molar-refractivity contribution is 0.102. The van der Waals surface area contributed by atoms with Gasteiger partial charge in [0.25, 0.3) is 5.91 Å². The molecule has 1 aliphatic rings. The van der Waals surface area contributed by atoms with Crippen molar-refractivity contribution in [1.29, 1.82) is 0 Å². The van der Waals surface area contributed by atoms with Crippen LogP contribution >= 0.6 is 11.8 Å². The fraction of sp³-hybridized carbons (Fsp3) is 0.300. The highest BCUT2D eigenvalue weighted by Gasteiger charge is 2.39. The number of carbonyl (C=O) groups is 1. The maximum atomic E-state index is 14.8. The minimum Gasteiger partial charge on any atom is -0.445 e. The fourth-order valence-electron chi connectivity index (χ4n) is 3.10. The van der Waals surface area contributed by atoms with E-state index in [-0.39, 0.29) is 33.2 Å². The molecule has 0 fully saturated rings. The van der Waals surface area contributed by atoms with Crippen LogP contribution in [0.15, 0.2) is 35.6 Å². The van der Waals surface area contributed by atoms with Crippen molar-refractivity contribution >= 4 is 28.5 Å². The second-order valence-electron chi connectivity index (χ2n) is 6.50. The highest BCUT2D eigenvalue weighted by atomic mass is 32.2. The Labute approximate surface area is 181 Å². The van der Waals surface area contributed by atoms with Gasteiger partial charge in [0.05, 0.1) is 19.0 Å². The Morgan fingerprint density at radius 3 is 2.90 bits per heavy atom. The summed E-state index contributed by atoms with van der Waals surface area (Å²) >= 11 is 1.31. The largest absolute Gasteiger partial charge is 0.445 e. The van der Waals surface area contributed by atoms with E-state index in [4.69, 9.17) is 16.9 Å². The molecule has 2 heterocycles. The lowest BCUT2D eigenvalue weighted by atomic mass is 9.85. The van der Waals surface area contributed by atoms with Crippen molar-refractivity contribution in [2.45, 2.75) is 17.2 Å². The minimum absolute atomic E-state index is 0.0414. The van der Waals surface area contributed by atoms with Crippen LogP contribution in [-0.2, 0) is 10.3 Å². The minimum atomic E-state index is -1.34. The van der Waals surface area contributed by atoms with Gasteiger partial charge >= 0.3 is 0 Å². The van der Waals surface area contributed by atoms with Gasteiger partial charge in [0.2, 0.25) is 12.7 Å². The van der Waals surface area contributed by atoms with Crippen LogP contribution < -0.4 is 15.8 Å². The maximum absolute atomic E-state index is 14.8. The molecule has 1 aliphatic heterocycles. The number of hydrogen-bond donors (Lipinski definition) is 2. The van der Waals surface area contributed by atoms with E-state index in [9.17, 15) is 13.6 Å². The van der Waals surface area contributed by atoms with Gasteiger partial charge in [-0.15, -0.1) is 6.42 Å². The van der Waals surface area contributed by atoms with E-state index in [1.807, 2.05) is 0 Å². The zero-order valence-corrected chi connectivity index (χ0v) is 17.3. The molecule has 0 bridgehead atoms. The van der Waals surface area contributed by atoms with Gasteiger partial charge in [0.1, 0.15) is 11.5 Å². The molecule has 0 radical (unpaired) electrons. The molecule has 31 heavy (non-hydrogen) atoms. The predicted octanol–water partition coefficient (Wildman–Crippen LogP) is 2.47. The molecule has 0 aliphatic carbocycles. The number of nitrogens with one attached hydrogen (secondary N) is 1. The number of thioether (sulfide) groups is 1. The number of ether oxygens (including phenoxy) is 2. The summed E-state index contributed by atoms with van der Waals surface area (Å²) in [6.07, 6.45) is 8.32. The molecule has 8 nitrogen and oxygen atoms in total. The molecule has 3 N–H and O–H groups in total. The predicted molar refractivity (Wildman–Crippen MR) is 113 cm³/mol. The van der Waals surface area contributed by atoms with Gasteiger partial charge in [-0.1, -0.05) is 17.7 Å². The number of alkyl halides is 1. The van der Waals surface area contributed by atoms with Gasteiger partial charge in [-0.3, -0.25) is 4.79 Å². The van der Waals surface area contributed by atoms with E-state index < -0.39 is 24.1 Å². The van der Waals surface area contributed by atoms with Crippen molar-refractivity contribution in [3.8, 4) is 18.2 Å². The summed E-state index contributed by atoms with van der Waals surface area (Å²) in [5, 5.41) is 2.72. The lowest BCUT2D eigenvalue weighted by Gasteiger charge is -2.33. The van der Waals surface area contributed by atoms with Crippen LogP contribution in [0, 0.1) is 18.2 Å². The number of carbonyl (C=O) groups excluding carboxylic acids is 1. The summed E-state index contributed by atoms with van der Waals surface area (Å²) in [4.78, 5) is 24.5. The van der Waals surface area contributed by atoms with Crippen molar-refractivity contribution in [2.75, 3.05) is 25.9 Å². The first-order valence-corrected chi connectivity index (χ1v) is 9.89. The molecule has 1 aromatic heterocycles. The van der Waals surface area contributed by atoms with Crippen LogP contribution in [0.25, 0.3) is 0 Å². The number of nitrogens with two attached hydrogens (primary N) is 1.